The lowest BCUT2D eigenvalue weighted by Crippen LogP contribution is -2.44. The summed E-state index contributed by atoms with van der Waals surface area (Å²) in [6.07, 6.45) is -0.366. The Balaban J connectivity index is 3.66. The summed E-state index contributed by atoms with van der Waals surface area (Å²) in [5, 5.41) is 0. The molecular formula is C24H37NO6S. The number of anilines is 1. The van der Waals surface area contributed by atoms with Gasteiger partial charge in [0.25, 0.3) is 5.91 Å². The van der Waals surface area contributed by atoms with Gasteiger partial charge in [0, 0.05) is 4.75 Å². The molecule has 0 spiro atoms. The molecule has 0 aromatic heterocycles. The van der Waals surface area contributed by atoms with Crippen molar-refractivity contribution in [2.24, 2.45) is 0 Å². The van der Waals surface area contributed by atoms with E-state index in [0.29, 0.717) is 12.0 Å². The number of benzene rings is 1. The first-order chi connectivity index (χ1) is 14.6. The number of nitrogens with zero attached hydrogens (tertiary/aromatic N) is 1. The van der Waals surface area contributed by atoms with E-state index >= 15 is 0 Å². The van der Waals surface area contributed by atoms with Crippen LogP contribution in [0.2, 0.25) is 0 Å². The van der Waals surface area contributed by atoms with Crippen LogP contribution in [-0.4, -0.2) is 41.5 Å². The highest BCUT2D eigenvalue weighted by Crippen LogP contribution is 2.34. The van der Waals surface area contributed by atoms with Gasteiger partial charge in [0.15, 0.2) is 0 Å². The largest absolute Gasteiger partial charge is 0.462 e. The first kappa shape index (κ1) is 28.0. The Morgan fingerprint density at radius 3 is 2.09 bits per heavy atom. The molecule has 0 aliphatic heterocycles. The molecule has 1 aromatic rings. The average Bonchev–Trinajstić information content (AvgIpc) is 2.62. The number of aryl methyl sites for hydroxylation is 1. The summed E-state index contributed by atoms with van der Waals surface area (Å²) in [5.41, 5.74) is 1.96. The molecule has 2 amide bonds. The number of carbonyl (C=O) groups excluding carboxylic acids is 3. The van der Waals surface area contributed by atoms with Gasteiger partial charge in [0.2, 0.25) is 0 Å². The smallest absolute Gasteiger partial charge is 0.421 e. The van der Waals surface area contributed by atoms with Crippen molar-refractivity contribution in [1.29, 1.82) is 0 Å². The van der Waals surface area contributed by atoms with E-state index in [4.69, 9.17) is 13.7 Å². The highest BCUT2D eigenvalue weighted by molar-refractivity contribution is 7.96. The zero-order valence-electron chi connectivity index (χ0n) is 21.0. The van der Waals surface area contributed by atoms with Gasteiger partial charge < -0.3 is 13.7 Å². The quantitative estimate of drug-likeness (QED) is 0.372. The van der Waals surface area contributed by atoms with Gasteiger partial charge in [0.1, 0.15) is 12.2 Å². The third-order valence-electron chi connectivity index (χ3n) is 4.34. The van der Waals surface area contributed by atoms with Crippen LogP contribution in [0, 0.1) is 13.8 Å². The molecule has 1 rings (SSSR count). The monoisotopic (exact) mass is 467 g/mol. The summed E-state index contributed by atoms with van der Waals surface area (Å²) >= 11 is 1.14. The fourth-order valence-electron chi connectivity index (χ4n) is 2.97. The van der Waals surface area contributed by atoms with Gasteiger partial charge in [-0.15, -0.1) is 0 Å². The van der Waals surface area contributed by atoms with Gasteiger partial charge in [-0.1, -0.05) is 6.92 Å². The summed E-state index contributed by atoms with van der Waals surface area (Å²) in [7, 11) is 0. The maximum atomic E-state index is 13.3. The molecule has 0 saturated heterocycles. The number of hydrogen-bond acceptors (Lipinski definition) is 7. The van der Waals surface area contributed by atoms with Crippen LogP contribution in [0.15, 0.2) is 6.07 Å². The molecule has 0 bridgehead atoms. The molecule has 0 aliphatic carbocycles. The van der Waals surface area contributed by atoms with Crippen LogP contribution in [-0.2, 0) is 24.9 Å². The van der Waals surface area contributed by atoms with E-state index in [1.165, 1.54) is 0 Å². The molecule has 8 heteroatoms. The van der Waals surface area contributed by atoms with E-state index in [0.717, 1.165) is 28.1 Å². The van der Waals surface area contributed by atoms with Crippen molar-refractivity contribution < 1.29 is 28.0 Å². The second kappa shape index (κ2) is 11.2. The Morgan fingerprint density at radius 2 is 1.62 bits per heavy atom. The number of esters is 1. The zero-order chi connectivity index (χ0) is 24.9. The molecule has 0 saturated carbocycles. The molecular weight excluding hydrogens is 430 g/mol. The number of amides is 2. The SMILES string of the molecule is CCOC(=O)c1cc(C)c(C)c(CC)c1N(C(=O)COSC(C)(C)C)C(=O)OC(C)(C)C. The second-order valence-corrected chi connectivity index (χ2v) is 11.1. The standard InChI is InChI=1S/C24H37NO6S/c1-11-17-16(4)15(3)13-18(21(27)29-12-2)20(17)25(22(28)31-23(5,6)7)19(26)14-30-32-24(8,9)10/h13H,11-12,14H2,1-10H3. The Labute approximate surface area is 196 Å². The van der Waals surface area contributed by atoms with Crippen LogP contribution in [0.3, 0.4) is 0 Å². The molecule has 0 radical (unpaired) electrons. The molecule has 0 fully saturated rings. The van der Waals surface area contributed by atoms with Crippen LogP contribution >= 0.6 is 12.0 Å². The molecule has 0 heterocycles. The van der Waals surface area contributed by atoms with Crippen LogP contribution < -0.4 is 4.90 Å². The van der Waals surface area contributed by atoms with Crippen molar-refractivity contribution in [2.45, 2.75) is 86.0 Å². The topological polar surface area (TPSA) is 82.1 Å². The van der Waals surface area contributed by atoms with Gasteiger partial charge in [-0.05, 0) is 104 Å². The first-order valence-corrected chi connectivity index (χ1v) is 11.5. The maximum Gasteiger partial charge on any atom is 0.421 e. The number of ether oxygens (including phenoxy) is 2. The summed E-state index contributed by atoms with van der Waals surface area (Å²) in [4.78, 5) is 40.3. The van der Waals surface area contributed by atoms with Crippen molar-refractivity contribution >= 4 is 35.7 Å². The van der Waals surface area contributed by atoms with Gasteiger partial charge >= 0.3 is 12.1 Å². The maximum absolute atomic E-state index is 13.3. The van der Waals surface area contributed by atoms with E-state index in [1.807, 2.05) is 41.5 Å². The highest BCUT2D eigenvalue weighted by Gasteiger charge is 2.35. The number of hydrogen-bond donors (Lipinski definition) is 0. The summed E-state index contributed by atoms with van der Waals surface area (Å²) < 4.78 is 16.1. The van der Waals surface area contributed by atoms with Crippen LogP contribution in [0.1, 0.15) is 82.4 Å². The molecule has 0 unspecified atom stereocenters. The second-order valence-electron chi connectivity index (χ2n) is 9.43. The molecule has 0 atom stereocenters. The van der Waals surface area contributed by atoms with E-state index < -0.39 is 23.6 Å². The number of rotatable bonds is 7. The molecule has 0 aliphatic rings. The van der Waals surface area contributed by atoms with E-state index in [2.05, 4.69) is 0 Å². The van der Waals surface area contributed by atoms with Crippen LogP contribution in [0.5, 0.6) is 0 Å². The zero-order valence-corrected chi connectivity index (χ0v) is 21.8. The predicted octanol–water partition coefficient (Wildman–Crippen LogP) is 5.77. The first-order valence-electron chi connectivity index (χ1n) is 10.8. The minimum absolute atomic E-state index is 0.148. The number of imide groups is 1. The Bertz CT molecular complexity index is 852. The van der Waals surface area contributed by atoms with Crippen LogP contribution in [0.4, 0.5) is 10.5 Å². The fraction of sp³-hybridized carbons (Fsp3) is 0.625. The van der Waals surface area contributed by atoms with Gasteiger partial charge in [0.05, 0.1) is 17.9 Å². The highest BCUT2D eigenvalue weighted by atomic mass is 32.2. The average molecular weight is 468 g/mol. The van der Waals surface area contributed by atoms with Crippen LogP contribution in [0.25, 0.3) is 0 Å². The molecule has 1 aromatic carbocycles. The van der Waals surface area contributed by atoms with Crippen molar-refractivity contribution in [3.8, 4) is 0 Å². The fourth-order valence-corrected chi connectivity index (χ4v) is 3.48. The van der Waals surface area contributed by atoms with Gasteiger partial charge in [-0.25, -0.2) is 14.5 Å². The lowest BCUT2D eigenvalue weighted by atomic mass is 9.94. The lowest BCUT2D eigenvalue weighted by Gasteiger charge is -2.30. The van der Waals surface area contributed by atoms with Gasteiger partial charge in [-0.3, -0.25) is 4.79 Å². The lowest BCUT2D eigenvalue weighted by molar-refractivity contribution is -0.120. The minimum atomic E-state index is -0.865. The third-order valence-corrected chi connectivity index (χ3v) is 5.07. The third kappa shape index (κ3) is 7.81. The predicted molar refractivity (Wildman–Crippen MR) is 128 cm³/mol. The van der Waals surface area contributed by atoms with Crippen molar-refractivity contribution in [3.63, 3.8) is 0 Å². The Morgan fingerprint density at radius 1 is 1.03 bits per heavy atom. The molecule has 180 valence electrons. The van der Waals surface area contributed by atoms with Crippen molar-refractivity contribution in [2.75, 3.05) is 18.1 Å². The van der Waals surface area contributed by atoms with E-state index in [-0.39, 0.29) is 29.2 Å². The molecule has 7 nitrogen and oxygen atoms in total. The van der Waals surface area contributed by atoms with Crippen molar-refractivity contribution in [3.05, 3.63) is 28.3 Å². The van der Waals surface area contributed by atoms with E-state index in [9.17, 15) is 14.4 Å². The molecule has 32 heavy (non-hydrogen) atoms. The Kier molecular flexibility index (Phi) is 9.78. The normalized spacial score (nSPS) is 11.8. The van der Waals surface area contributed by atoms with Crippen molar-refractivity contribution in [1.82, 2.24) is 0 Å². The minimum Gasteiger partial charge on any atom is -0.462 e. The van der Waals surface area contributed by atoms with E-state index in [1.54, 1.807) is 33.8 Å². The summed E-state index contributed by atoms with van der Waals surface area (Å²) in [6.45, 7) is 18.2. The molecule has 0 N–H and O–H groups in total. The number of carbonyl (C=O) groups is 3. The van der Waals surface area contributed by atoms with Gasteiger partial charge in [-0.2, -0.15) is 0 Å². The summed E-state index contributed by atoms with van der Waals surface area (Å²) in [6, 6.07) is 1.65. The summed E-state index contributed by atoms with van der Waals surface area (Å²) in [5.74, 6) is -1.23. The Hall–Kier alpha value is -2.06.